The largest absolute Gasteiger partial charge is 0.480 e. The van der Waals surface area contributed by atoms with Gasteiger partial charge < -0.3 is 20.1 Å². The lowest BCUT2D eigenvalue weighted by Gasteiger charge is -2.40. The molecule has 2 N–H and O–H groups in total. The summed E-state index contributed by atoms with van der Waals surface area (Å²) in [5.41, 5.74) is 3.61. The maximum atomic E-state index is 13.2. The highest BCUT2D eigenvalue weighted by molar-refractivity contribution is 5.88. The van der Waals surface area contributed by atoms with Gasteiger partial charge in [-0.2, -0.15) is 0 Å². The Labute approximate surface area is 200 Å². The standard InChI is InChI=1S/C27H32N2O5/c1-17-12-13-29(23(14-17)24(30)31)25(32)27(2,3)16-28-26(33)34-15-22-20-10-6-4-8-18(20)19-9-5-7-11-21(19)22/h4-11,17,22-23H,12-16H2,1-3H3,(H,28,33)(H,30,31). The average Bonchev–Trinajstić information content (AvgIpc) is 3.14. The third-order valence-corrected chi connectivity index (χ3v) is 7.01. The van der Waals surface area contributed by atoms with Crippen molar-refractivity contribution in [1.82, 2.24) is 10.2 Å². The summed E-state index contributed by atoms with van der Waals surface area (Å²) in [5.74, 6) is -1.04. The molecule has 0 spiro atoms. The molecule has 2 amide bonds. The Morgan fingerprint density at radius 3 is 2.24 bits per heavy atom. The summed E-state index contributed by atoms with van der Waals surface area (Å²) in [6.07, 6.45) is 0.618. The Hall–Kier alpha value is -3.35. The molecular weight excluding hydrogens is 432 g/mol. The number of alkyl carbamates (subject to hydrolysis) is 1. The second-order valence-electron chi connectivity index (χ2n) is 10.0. The number of benzene rings is 2. The molecule has 180 valence electrons. The maximum absolute atomic E-state index is 13.2. The van der Waals surface area contributed by atoms with E-state index in [1.165, 1.54) is 4.90 Å². The molecule has 4 rings (SSSR count). The number of carboxylic acid groups (broad SMARTS) is 1. The Kier molecular flexibility index (Phi) is 6.64. The van der Waals surface area contributed by atoms with E-state index in [4.69, 9.17) is 4.74 Å². The minimum atomic E-state index is -0.986. The molecule has 2 aromatic carbocycles. The van der Waals surface area contributed by atoms with Crippen LogP contribution in [0.1, 0.15) is 50.7 Å². The molecule has 7 heteroatoms. The number of likely N-dealkylation sites (tertiary alicyclic amines) is 1. The summed E-state index contributed by atoms with van der Waals surface area (Å²) in [7, 11) is 0. The number of fused-ring (bicyclic) bond motifs is 3. The number of nitrogens with one attached hydrogen (secondary N) is 1. The third-order valence-electron chi connectivity index (χ3n) is 7.01. The van der Waals surface area contributed by atoms with Crippen molar-refractivity contribution in [2.45, 2.75) is 45.6 Å². The van der Waals surface area contributed by atoms with Crippen molar-refractivity contribution in [3.8, 4) is 11.1 Å². The molecule has 1 aliphatic carbocycles. The van der Waals surface area contributed by atoms with Gasteiger partial charge in [-0.05, 0) is 54.9 Å². The van der Waals surface area contributed by atoms with Crippen LogP contribution in [0, 0.1) is 11.3 Å². The molecule has 0 bridgehead atoms. The Morgan fingerprint density at radius 1 is 1.06 bits per heavy atom. The number of rotatable bonds is 6. The number of carbonyl (C=O) groups excluding carboxylic acids is 2. The van der Waals surface area contributed by atoms with Gasteiger partial charge in [0.15, 0.2) is 0 Å². The van der Waals surface area contributed by atoms with Gasteiger partial charge in [0, 0.05) is 19.0 Å². The monoisotopic (exact) mass is 464 g/mol. The van der Waals surface area contributed by atoms with Crippen molar-refractivity contribution >= 4 is 18.0 Å². The topological polar surface area (TPSA) is 95.9 Å². The number of hydrogen-bond donors (Lipinski definition) is 2. The first-order chi connectivity index (χ1) is 16.2. The minimum absolute atomic E-state index is 0.0422. The molecule has 2 unspecified atom stereocenters. The van der Waals surface area contributed by atoms with Crippen molar-refractivity contribution < 1.29 is 24.2 Å². The van der Waals surface area contributed by atoms with Gasteiger partial charge >= 0.3 is 12.1 Å². The highest BCUT2D eigenvalue weighted by Crippen LogP contribution is 2.44. The average molecular weight is 465 g/mol. The van der Waals surface area contributed by atoms with Crippen LogP contribution < -0.4 is 5.32 Å². The molecule has 2 aromatic rings. The number of ether oxygens (including phenoxy) is 1. The van der Waals surface area contributed by atoms with Crippen molar-refractivity contribution in [3.05, 3.63) is 59.7 Å². The molecule has 1 heterocycles. The van der Waals surface area contributed by atoms with E-state index in [0.29, 0.717) is 13.0 Å². The number of amides is 2. The van der Waals surface area contributed by atoms with Crippen LogP contribution in [0.3, 0.4) is 0 Å². The number of piperidine rings is 1. The normalized spacial score (nSPS) is 19.8. The molecule has 2 atom stereocenters. The number of aliphatic carboxylic acids is 1. The van der Waals surface area contributed by atoms with E-state index in [9.17, 15) is 19.5 Å². The highest BCUT2D eigenvalue weighted by Gasteiger charge is 2.41. The molecule has 7 nitrogen and oxygen atoms in total. The molecule has 0 aromatic heterocycles. The fourth-order valence-corrected chi connectivity index (χ4v) is 5.03. The summed E-state index contributed by atoms with van der Waals surface area (Å²) >= 11 is 0. The van der Waals surface area contributed by atoms with Crippen LogP contribution in [0.5, 0.6) is 0 Å². The SMILES string of the molecule is CC1CCN(C(=O)C(C)(C)CNC(=O)OCC2c3ccccc3-c3ccccc32)C(C(=O)O)C1. The van der Waals surface area contributed by atoms with Gasteiger partial charge in [-0.25, -0.2) is 9.59 Å². The Balaban J connectivity index is 1.36. The van der Waals surface area contributed by atoms with Crippen LogP contribution in [-0.2, 0) is 14.3 Å². The summed E-state index contributed by atoms with van der Waals surface area (Å²) in [6, 6.07) is 15.4. The zero-order valence-electron chi connectivity index (χ0n) is 19.9. The molecule has 34 heavy (non-hydrogen) atoms. The minimum Gasteiger partial charge on any atom is -0.480 e. The van der Waals surface area contributed by atoms with E-state index in [0.717, 1.165) is 28.7 Å². The fraction of sp³-hybridized carbons (Fsp3) is 0.444. The molecule has 1 fully saturated rings. The summed E-state index contributed by atoms with van der Waals surface area (Å²) in [4.78, 5) is 38.9. The highest BCUT2D eigenvalue weighted by atomic mass is 16.5. The first-order valence-corrected chi connectivity index (χ1v) is 11.8. The Bertz CT molecular complexity index is 1050. The first-order valence-electron chi connectivity index (χ1n) is 11.8. The number of carbonyl (C=O) groups is 3. The van der Waals surface area contributed by atoms with Gasteiger partial charge in [0.05, 0.1) is 5.41 Å². The molecule has 0 radical (unpaired) electrons. The van der Waals surface area contributed by atoms with Crippen molar-refractivity contribution in [3.63, 3.8) is 0 Å². The molecule has 1 saturated heterocycles. The lowest BCUT2D eigenvalue weighted by atomic mass is 9.86. The molecule has 1 aliphatic heterocycles. The van der Waals surface area contributed by atoms with Crippen LogP contribution in [0.2, 0.25) is 0 Å². The van der Waals surface area contributed by atoms with E-state index in [-0.39, 0.29) is 30.9 Å². The lowest BCUT2D eigenvalue weighted by Crippen LogP contribution is -2.55. The van der Waals surface area contributed by atoms with Gasteiger partial charge in [-0.3, -0.25) is 4.79 Å². The predicted octanol–water partition coefficient (Wildman–Crippen LogP) is 4.26. The number of nitrogens with zero attached hydrogens (tertiary/aromatic N) is 1. The molecule has 2 aliphatic rings. The Morgan fingerprint density at radius 2 is 1.65 bits per heavy atom. The molecular formula is C27H32N2O5. The van der Waals surface area contributed by atoms with E-state index < -0.39 is 23.5 Å². The van der Waals surface area contributed by atoms with Crippen molar-refractivity contribution in [1.29, 1.82) is 0 Å². The zero-order chi connectivity index (χ0) is 24.5. The van der Waals surface area contributed by atoms with Crippen LogP contribution >= 0.6 is 0 Å². The van der Waals surface area contributed by atoms with E-state index >= 15 is 0 Å². The lowest BCUT2D eigenvalue weighted by molar-refractivity contribution is -0.157. The summed E-state index contributed by atoms with van der Waals surface area (Å²) in [5, 5.41) is 12.3. The fourth-order valence-electron chi connectivity index (χ4n) is 5.03. The van der Waals surface area contributed by atoms with Crippen LogP contribution in [0.15, 0.2) is 48.5 Å². The maximum Gasteiger partial charge on any atom is 0.407 e. The summed E-state index contributed by atoms with van der Waals surface area (Å²) in [6.45, 7) is 6.10. The quantitative estimate of drug-likeness (QED) is 0.666. The second-order valence-corrected chi connectivity index (χ2v) is 10.0. The van der Waals surface area contributed by atoms with E-state index in [1.807, 2.05) is 31.2 Å². The molecule has 0 saturated carbocycles. The number of carboxylic acids is 1. The van der Waals surface area contributed by atoms with E-state index in [2.05, 4.69) is 29.6 Å². The van der Waals surface area contributed by atoms with Crippen molar-refractivity contribution in [2.75, 3.05) is 19.7 Å². The smallest absolute Gasteiger partial charge is 0.407 e. The van der Waals surface area contributed by atoms with Crippen molar-refractivity contribution in [2.24, 2.45) is 11.3 Å². The zero-order valence-corrected chi connectivity index (χ0v) is 19.9. The van der Waals surface area contributed by atoms with Gasteiger partial charge in [0.2, 0.25) is 5.91 Å². The second kappa shape index (κ2) is 9.49. The van der Waals surface area contributed by atoms with Crippen LogP contribution in [0.4, 0.5) is 4.79 Å². The number of hydrogen-bond acceptors (Lipinski definition) is 4. The van der Waals surface area contributed by atoms with E-state index in [1.54, 1.807) is 13.8 Å². The van der Waals surface area contributed by atoms with Gasteiger partial charge in [0.1, 0.15) is 12.6 Å². The third kappa shape index (κ3) is 4.65. The van der Waals surface area contributed by atoms with Crippen LogP contribution in [-0.4, -0.2) is 53.7 Å². The van der Waals surface area contributed by atoms with Gasteiger partial charge in [0.25, 0.3) is 0 Å². The predicted molar refractivity (Wildman–Crippen MR) is 128 cm³/mol. The van der Waals surface area contributed by atoms with Gasteiger partial charge in [-0.15, -0.1) is 0 Å². The van der Waals surface area contributed by atoms with Gasteiger partial charge in [-0.1, -0.05) is 55.5 Å². The first kappa shape index (κ1) is 23.8. The summed E-state index contributed by atoms with van der Waals surface area (Å²) < 4.78 is 5.56. The van der Waals surface area contributed by atoms with Crippen LogP contribution in [0.25, 0.3) is 11.1 Å².